The summed E-state index contributed by atoms with van der Waals surface area (Å²) < 4.78 is 12.6. The quantitative estimate of drug-likeness (QED) is 0.608. The Hall–Kier alpha value is -0.600. The fraction of sp³-hybridized carbons (Fsp3) is 0.857. The lowest BCUT2D eigenvalue weighted by Gasteiger charge is -2.44. The topological polar surface area (TPSA) is 37.3 Å². The summed E-state index contributed by atoms with van der Waals surface area (Å²) in [5.41, 5.74) is -0.647. The van der Waals surface area contributed by atoms with Crippen molar-refractivity contribution >= 4 is 5.97 Å². The van der Waals surface area contributed by atoms with E-state index in [0.29, 0.717) is 0 Å². The molecular formula is C7H11FO2. The minimum Gasteiger partial charge on any atom is -0.481 e. The zero-order chi connectivity index (χ0) is 7.94. The molecule has 1 N–H and O–H groups in total. The van der Waals surface area contributed by atoms with Crippen LogP contribution >= 0.6 is 0 Å². The molecule has 2 unspecified atom stereocenters. The molecule has 0 radical (unpaired) electrons. The molecule has 2 atom stereocenters. The van der Waals surface area contributed by atoms with E-state index >= 15 is 0 Å². The van der Waals surface area contributed by atoms with Gasteiger partial charge in [-0.2, -0.15) is 0 Å². The number of carboxylic acid groups (broad SMARTS) is 1. The molecule has 1 aliphatic carbocycles. The van der Waals surface area contributed by atoms with Gasteiger partial charge in [0.25, 0.3) is 0 Å². The van der Waals surface area contributed by atoms with E-state index in [4.69, 9.17) is 5.11 Å². The molecule has 1 aliphatic rings. The maximum Gasteiger partial charge on any atom is 0.307 e. The summed E-state index contributed by atoms with van der Waals surface area (Å²) in [5, 5.41) is 8.52. The molecule has 0 heterocycles. The van der Waals surface area contributed by atoms with Gasteiger partial charge in [0, 0.05) is 5.41 Å². The first-order valence-corrected chi connectivity index (χ1v) is 3.33. The smallest absolute Gasteiger partial charge is 0.307 e. The Morgan fingerprint density at radius 3 is 2.30 bits per heavy atom. The van der Waals surface area contributed by atoms with E-state index in [9.17, 15) is 9.18 Å². The minimum atomic E-state index is -0.936. The van der Waals surface area contributed by atoms with E-state index in [0.717, 1.165) is 0 Å². The van der Waals surface area contributed by atoms with E-state index in [-0.39, 0.29) is 6.42 Å². The van der Waals surface area contributed by atoms with Gasteiger partial charge in [0.05, 0.1) is 5.92 Å². The maximum atomic E-state index is 12.6. The average molecular weight is 146 g/mol. The number of halogens is 1. The highest BCUT2D eigenvalue weighted by atomic mass is 19.1. The summed E-state index contributed by atoms with van der Waals surface area (Å²) in [5.74, 6) is -1.36. The van der Waals surface area contributed by atoms with E-state index in [2.05, 4.69) is 0 Å². The number of aliphatic carboxylic acids is 1. The average Bonchev–Trinajstić information content (AvgIpc) is 1.82. The predicted molar refractivity (Wildman–Crippen MR) is 34.4 cm³/mol. The molecule has 2 nitrogen and oxygen atoms in total. The first-order valence-electron chi connectivity index (χ1n) is 3.33. The van der Waals surface area contributed by atoms with E-state index < -0.39 is 23.5 Å². The van der Waals surface area contributed by atoms with Crippen LogP contribution in [0, 0.1) is 11.3 Å². The fourth-order valence-corrected chi connectivity index (χ4v) is 1.29. The highest BCUT2D eigenvalue weighted by molar-refractivity contribution is 5.72. The third kappa shape index (κ3) is 0.805. The molecule has 0 aromatic carbocycles. The van der Waals surface area contributed by atoms with E-state index in [1.807, 2.05) is 0 Å². The Bertz CT molecular complexity index is 165. The SMILES string of the molecule is CC1(C)C(F)CC1C(=O)O. The number of alkyl halides is 1. The fourth-order valence-electron chi connectivity index (χ4n) is 1.29. The van der Waals surface area contributed by atoms with Crippen LogP contribution in [0.15, 0.2) is 0 Å². The summed E-state index contributed by atoms with van der Waals surface area (Å²) in [4.78, 5) is 10.4. The van der Waals surface area contributed by atoms with Gasteiger partial charge in [-0.3, -0.25) is 4.79 Å². The third-order valence-corrected chi connectivity index (χ3v) is 2.45. The lowest BCUT2D eigenvalue weighted by molar-refractivity contribution is -0.160. The largest absolute Gasteiger partial charge is 0.481 e. The molecule has 0 aromatic heterocycles. The lowest BCUT2D eigenvalue weighted by atomic mass is 9.61. The van der Waals surface area contributed by atoms with Crippen molar-refractivity contribution in [1.29, 1.82) is 0 Å². The van der Waals surface area contributed by atoms with Crippen molar-refractivity contribution < 1.29 is 14.3 Å². The molecule has 0 aromatic rings. The first-order chi connectivity index (χ1) is 4.46. The molecular weight excluding hydrogens is 135 g/mol. The van der Waals surface area contributed by atoms with Crippen molar-refractivity contribution in [2.75, 3.05) is 0 Å². The number of carbonyl (C=O) groups is 1. The van der Waals surface area contributed by atoms with Gasteiger partial charge in [0.2, 0.25) is 0 Å². The van der Waals surface area contributed by atoms with Gasteiger partial charge in [-0.05, 0) is 6.42 Å². The van der Waals surface area contributed by atoms with E-state index in [1.54, 1.807) is 13.8 Å². The molecule has 0 amide bonds. The number of hydrogen-bond acceptors (Lipinski definition) is 1. The molecule has 58 valence electrons. The van der Waals surface area contributed by atoms with Crippen LogP contribution in [0.1, 0.15) is 20.3 Å². The van der Waals surface area contributed by atoms with Crippen LogP contribution in [-0.2, 0) is 4.79 Å². The van der Waals surface area contributed by atoms with Gasteiger partial charge < -0.3 is 5.11 Å². The van der Waals surface area contributed by atoms with Crippen LogP contribution in [0.5, 0.6) is 0 Å². The summed E-state index contributed by atoms with van der Waals surface area (Å²) in [6.07, 6.45) is -0.754. The Kier molecular flexibility index (Phi) is 1.46. The summed E-state index contributed by atoms with van der Waals surface area (Å²) >= 11 is 0. The molecule has 1 saturated carbocycles. The maximum absolute atomic E-state index is 12.6. The zero-order valence-corrected chi connectivity index (χ0v) is 6.10. The van der Waals surface area contributed by atoms with Crippen molar-refractivity contribution in [1.82, 2.24) is 0 Å². The van der Waals surface area contributed by atoms with Crippen LogP contribution in [0.2, 0.25) is 0 Å². The highest BCUT2D eigenvalue weighted by Crippen LogP contribution is 2.48. The third-order valence-electron chi connectivity index (χ3n) is 2.45. The second kappa shape index (κ2) is 1.94. The van der Waals surface area contributed by atoms with Crippen molar-refractivity contribution in [3.63, 3.8) is 0 Å². The molecule has 0 aliphatic heterocycles. The van der Waals surface area contributed by atoms with Crippen molar-refractivity contribution in [2.24, 2.45) is 11.3 Å². The van der Waals surface area contributed by atoms with Gasteiger partial charge in [-0.1, -0.05) is 13.8 Å². The molecule has 0 bridgehead atoms. The summed E-state index contributed by atoms with van der Waals surface area (Å²) in [7, 11) is 0. The van der Waals surface area contributed by atoms with Crippen LogP contribution in [-0.4, -0.2) is 17.2 Å². The summed E-state index contributed by atoms with van der Waals surface area (Å²) in [6, 6.07) is 0. The van der Waals surface area contributed by atoms with Crippen LogP contribution in [0.4, 0.5) is 4.39 Å². The Balaban J connectivity index is 2.63. The van der Waals surface area contributed by atoms with Gasteiger partial charge in [0.15, 0.2) is 0 Å². The summed E-state index contributed by atoms with van der Waals surface area (Å²) in [6.45, 7) is 3.31. The number of rotatable bonds is 1. The Labute approximate surface area is 59.0 Å². The van der Waals surface area contributed by atoms with Crippen LogP contribution in [0.25, 0.3) is 0 Å². The first kappa shape index (κ1) is 7.51. The van der Waals surface area contributed by atoms with Gasteiger partial charge >= 0.3 is 5.97 Å². The molecule has 1 rings (SSSR count). The Morgan fingerprint density at radius 2 is 2.20 bits per heavy atom. The van der Waals surface area contributed by atoms with Gasteiger partial charge in [-0.25, -0.2) is 4.39 Å². The minimum absolute atomic E-state index is 0.183. The molecule has 10 heavy (non-hydrogen) atoms. The van der Waals surface area contributed by atoms with Crippen molar-refractivity contribution in [3.8, 4) is 0 Å². The van der Waals surface area contributed by atoms with Crippen LogP contribution < -0.4 is 0 Å². The molecule has 0 spiro atoms. The molecule has 0 saturated heterocycles. The van der Waals surface area contributed by atoms with Gasteiger partial charge in [0.1, 0.15) is 6.17 Å². The monoisotopic (exact) mass is 146 g/mol. The number of hydrogen-bond donors (Lipinski definition) is 1. The van der Waals surface area contributed by atoms with Crippen molar-refractivity contribution in [3.05, 3.63) is 0 Å². The second-order valence-electron chi connectivity index (χ2n) is 3.42. The lowest BCUT2D eigenvalue weighted by Crippen LogP contribution is -2.50. The Morgan fingerprint density at radius 1 is 1.70 bits per heavy atom. The molecule has 3 heteroatoms. The van der Waals surface area contributed by atoms with Gasteiger partial charge in [-0.15, -0.1) is 0 Å². The van der Waals surface area contributed by atoms with E-state index in [1.165, 1.54) is 0 Å². The zero-order valence-electron chi connectivity index (χ0n) is 6.10. The normalized spacial score (nSPS) is 36.7. The highest BCUT2D eigenvalue weighted by Gasteiger charge is 2.52. The number of carboxylic acids is 1. The predicted octanol–water partition coefficient (Wildman–Crippen LogP) is 1.46. The molecule has 1 fully saturated rings. The standard InChI is InChI=1S/C7H11FO2/c1-7(2)4(6(9)10)3-5(7)8/h4-5H,3H2,1-2H3,(H,9,10). The van der Waals surface area contributed by atoms with Crippen molar-refractivity contribution in [2.45, 2.75) is 26.4 Å². The van der Waals surface area contributed by atoms with Crippen LogP contribution in [0.3, 0.4) is 0 Å². The second-order valence-corrected chi connectivity index (χ2v) is 3.42.